The topological polar surface area (TPSA) is 59.5 Å². The molecule has 0 spiro atoms. The molecule has 0 aliphatic rings. The Morgan fingerprint density at radius 3 is 2.74 bits per heavy atom. The van der Waals surface area contributed by atoms with Gasteiger partial charge in [0.25, 0.3) is 5.91 Å². The van der Waals surface area contributed by atoms with E-state index in [0.29, 0.717) is 24.7 Å². The maximum Gasteiger partial charge on any atom is 0.307 e. The lowest BCUT2D eigenvalue weighted by Gasteiger charge is -2.23. The summed E-state index contributed by atoms with van der Waals surface area (Å²) < 4.78 is 4.65. The number of ether oxygens (including phenoxy) is 1. The highest BCUT2D eigenvalue weighted by Crippen LogP contribution is 2.26. The second-order valence-corrected chi connectivity index (χ2v) is 7.16. The minimum absolute atomic E-state index is 0.139. The summed E-state index contributed by atoms with van der Waals surface area (Å²) in [6.45, 7) is 5.00. The number of rotatable bonds is 7. The molecule has 2 rings (SSSR count). The fourth-order valence-corrected chi connectivity index (χ4v) is 3.60. The highest BCUT2D eigenvalue weighted by atomic mass is 32.1. The predicted molar refractivity (Wildman–Crippen MR) is 92.8 cm³/mol. The number of aromatic nitrogens is 1. The lowest BCUT2D eigenvalue weighted by molar-refractivity contribution is -0.140. The monoisotopic (exact) mass is 352 g/mol. The summed E-state index contributed by atoms with van der Waals surface area (Å²) in [6, 6.07) is 1.99. The lowest BCUT2D eigenvalue weighted by Crippen LogP contribution is -2.36. The Kier molecular flexibility index (Phi) is 6.29. The number of thiophene rings is 1. The minimum Gasteiger partial charge on any atom is -0.469 e. The number of carbonyl (C=O) groups excluding carboxylic acids is 2. The van der Waals surface area contributed by atoms with E-state index >= 15 is 0 Å². The molecule has 5 nitrogen and oxygen atoms in total. The van der Waals surface area contributed by atoms with Gasteiger partial charge in [-0.1, -0.05) is 13.8 Å². The second kappa shape index (κ2) is 8.21. The van der Waals surface area contributed by atoms with E-state index in [1.165, 1.54) is 18.4 Å². The van der Waals surface area contributed by atoms with Gasteiger partial charge in [-0.25, -0.2) is 4.98 Å². The van der Waals surface area contributed by atoms with Gasteiger partial charge >= 0.3 is 5.97 Å². The summed E-state index contributed by atoms with van der Waals surface area (Å²) in [5.74, 6) is -0.143. The zero-order valence-corrected chi connectivity index (χ0v) is 15.1. The summed E-state index contributed by atoms with van der Waals surface area (Å²) in [4.78, 5) is 30.2. The number of esters is 1. The quantitative estimate of drug-likeness (QED) is 0.715. The molecule has 0 aliphatic carbocycles. The number of hydrogen-bond donors (Lipinski definition) is 0. The highest BCUT2D eigenvalue weighted by molar-refractivity contribution is 7.14. The molecule has 1 amide bonds. The average Bonchev–Trinajstić information content (AvgIpc) is 3.19. The van der Waals surface area contributed by atoms with E-state index in [1.54, 1.807) is 21.6 Å². The van der Waals surface area contributed by atoms with Crippen LogP contribution in [0.3, 0.4) is 0 Å². The third-order valence-corrected chi connectivity index (χ3v) is 4.75. The van der Waals surface area contributed by atoms with E-state index in [2.05, 4.69) is 9.72 Å². The van der Waals surface area contributed by atoms with Crippen LogP contribution in [0.4, 0.5) is 0 Å². The number of carbonyl (C=O) groups is 2. The molecule has 0 N–H and O–H groups in total. The van der Waals surface area contributed by atoms with Crippen LogP contribution < -0.4 is 0 Å². The Bertz CT molecular complexity index is 650. The Labute approximate surface area is 143 Å². The van der Waals surface area contributed by atoms with Crippen molar-refractivity contribution in [3.8, 4) is 10.6 Å². The molecule has 124 valence electrons. The fraction of sp³-hybridized carbons (Fsp3) is 0.438. The molecule has 2 heterocycles. The van der Waals surface area contributed by atoms with Crippen molar-refractivity contribution in [2.24, 2.45) is 5.92 Å². The molecule has 0 unspecified atom stereocenters. The summed E-state index contributed by atoms with van der Waals surface area (Å²) in [5, 5.41) is 6.61. The number of nitrogens with zero attached hydrogens (tertiary/aromatic N) is 2. The van der Waals surface area contributed by atoms with Crippen LogP contribution in [0.25, 0.3) is 10.6 Å². The summed E-state index contributed by atoms with van der Waals surface area (Å²) >= 11 is 3.06. The minimum atomic E-state index is -0.316. The first-order valence-corrected chi connectivity index (χ1v) is 9.17. The largest absolute Gasteiger partial charge is 0.469 e. The zero-order valence-electron chi connectivity index (χ0n) is 13.4. The van der Waals surface area contributed by atoms with Crippen molar-refractivity contribution < 1.29 is 14.3 Å². The SMILES string of the molecule is COC(=O)CCN(CC(C)C)C(=O)c1csc(-c2ccsc2)n1. The van der Waals surface area contributed by atoms with Crippen molar-refractivity contribution in [3.05, 3.63) is 27.9 Å². The number of hydrogen-bond acceptors (Lipinski definition) is 6. The third-order valence-electron chi connectivity index (χ3n) is 3.18. The molecule has 2 aromatic rings. The Balaban J connectivity index is 2.11. The van der Waals surface area contributed by atoms with Gasteiger partial charge in [0.15, 0.2) is 0 Å². The fourth-order valence-electron chi connectivity index (χ4n) is 2.10. The Hall–Kier alpha value is -1.73. The lowest BCUT2D eigenvalue weighted by atomic mass is 10.2. The van der Waals surface area contributed by atoms with Gasteiger partial charge in [-0.15, -0.1) is 11.3 Å². The smallest absolute Gasteiger partial charge is 0.307 e. The molecular weight excluding hydrogens is 332 g/mol. The summed E-state index contributed by atoms with van der Waals surface area (Å²) in [6.07, 6.45) is 0.191. The number of methoxy groups -OCH3 is 1. The molecule has 0 saturated heterocycles. The zero-order chi connectivity index (χ0) is 16.8. The van der Waals surface area contributed by atoms with Crippen LogP contribution in [0.1, 0.15) is 30.8 Å². The molecule has 0 radical (unpaired) electrons. The maximum absolute atomic E-state index is 12.7. The molecule has 0 aliphatic heterocycles. The molecule has 0 bridgehead atoms. The molecule has 0 atom stereocenters. The van der Waals surface area contributed by atoms with Gasteiger partial charge in [-0.3, -0.25) is 9.59 Å². The van der Waals surface area contributed by atoms with Gasteiger partial charge in [-0.2, -0.15) is 11.3 Å². The molecule has 0 aromatic carbocycles. The molecule has 0 saturated carbocycles. The van der Waals surface area contributed by atoms with Crippen LogP contribution in [-0.4, -0.2) is 42.0 Å². The maximum atomic E-state index is 12.7. The van der Waals surface area contributed by atoms with Gasteiger partial charge in [0.1, 0.15) is 10.7 Å². The Morgan fingerprint density at radius 2 is 2.13 bits per heavy atom. The van der Waals surface area contributed by atoms with Crippen molar-refractivity contribution in [2.45, 2.75) is 20.3 Å². The van der Waals surface area contributed by atoms with Crippen LogP contribution >= 0.6 is 22.7 Å². The predicted octanol–water partition coefficient (Wildman–Crippen LogP) is 3.53. The molecular formula is C16H20N2O3S2. The Morgan fingerprint density at radius 1 is 1.35 bits per heavy atom. The van der Waals surface area contributed by atoms with E-state index in [-0.39, 0.29) is 18.3 Å². The third kappa shape index (κ3) is 4.87. The highest BCUT2D eigenvalue weighted by Gasteiger charge is 2.21. The van der Waals surface area contributed by atoms with Gasteiger partial charge in [-0.05, 0) is 17.4 Å². The van der Waals surface area contributed by atoms with Crippen LogP contribution in [0.5, 0.6) is 0 Å². The molecule has 23 heavy (non-hydrogen) atoms. The molecule has 0 fully saturated rings. The number of thiazole rings is 1. The van der Waals surface area contributed by atoms with E-state index in [0.717, 1.165) is 10.6 Å². The summed E-state index contributed by atoms with van der Waals surface area (Å²) in [7, 11) is 1.35. The van der Waals surface area contributed by atoms with E-state index in [1.807, 2.05) is 30.7 Å². The average molecular weight is 352 g/mol. The normalized spacial score (nSPS) is 10.8. The number of amides is 1. The van der Waals surface area contributed by atoms with Crippen molar-refractivity contribution in [1.82, 2.24) is 9.88 Å². The van der Waals surface area contributed by atoms with Crippen molar-refractivity contribution >= 4 is 34.6 Å². The first-order valence-electron chi connectivity index (χ1n) is 7.35. The van der Waals surface area contributed by atoms with E-state index < -0.39 is 0 Å². The van der Waals surface area contributed by atoms with Crippen LogP contribution in [0.2, 0.25) is 0 Å². The van der Waals surface area contributed by atoms with Gasteiger partial charge < -0.3 is 9.64 Å². The molecule has 2 aromatic heterocycles. The van der Waals surface area contributed by atoms with Crippen LogP contribution in [0.15, 0.2) is 22.2 Å². The summed E-state index contributed by atoms with van der Waals surface area (Å²) in [5.41, 5.74) is 1.46. The first-order chi connectivity index (χ1) is 11.0. The van der Waals surface area contributed by atoms with E-state index in [9.17, 15) is 9.59 Å². The van der Waals surface area contributed by atoms with Crippen molar-refractivity contribution in [3.63, 3.8) is 0 Å². The molecule has 7 heteroatoms. The van der Waals surface area contributed by atoms with Crippen LogP contribution in [0, 0.1) is 5.92 Å². The standard InChI is InChI=1S/C16H20N2O3S2/c1-11(2)8-18(6-4-14(19)21-3)16(20)13-10-23-15(17-13)12-5-7-22-9-12/h5,7,9-11H,4,6,8H2,1-3H3. The second-order valence-electron chi connectivity index (χ2n) is 5.52. The van der Waals surface area contributed by atoms with Gasteiger partial charge in [0.2, 0.25) is 0 Å². The first kappa shape index (κ1) is 17.6. The van der Waals surface area contributed by atoms with Gasteiger partial charge in [0, 0.05) is 29.4 Å². The van der Waals surface area contributed by atoms with Crippen LogP contribution in [-0.2, 0) is 9.53 Å². The van der Waals surface area contributed by atoms with Gasteiger partial charge in [0.05, 0.1) is 13.5 Å². The van der Waals surface area contributed by atoms with E-state index in [4.69, 9.17) is 0 Å². The van der Waals surface area contributed by atoms with Crippen molar-refractivity contribution in [2.75, 3.05) is 20.2 Å². The van der Waals surface area contributed by atoms with Crippen molar-refractivity contribution in [1.29, 1.82) is 0 Å².